The lowest BCUT2D eigenvalue weighted by molar-refractivity contribution is 0.779. The van der Waals surface area contributed by atoms with Crippen LogP contribution >= 0.6 is 0 Å². The summed E-state index contributed by atoms with van der Waals surface area (Å²) < 4.78 is 0. The molecule has 0 aliphatic rings. The third-order valence-electron chi connectivity index (χ3n) is 4.10. The van der Waals surface area contributed by atoms with Gasteiger partial charge in [-0.05, 0) is 16.7 Å². The fourth-order valence-corrected chi connectivity index (χ4v) is 3.05. The maximum Gasteiger partial charge on any atom is 0.0909 e. The Bertz CT molecular complexity index is 715. The SMILES string of the molecule is N#CC=CC(c1ccccc1)(c1ccccc1)c1ccccc1. The highest BCUT2D eigenvalue weighted by molar-refractivity contribution is 5.55. The van der Waals surface area contributed by atoms with Crippen molar-refractivity contribution in [2.45, 2.75) is 5.41 Å². The Hall–Kier alpha value is -3.11. The van der Waals surface area contributed by atoms with E-state index in [1.165, 1.54) is 0 Å². The highest BCUT2D eigenvalue weighted by Gasteiger charge is 2.33. The predicted octanol–water partition coefficient (Wildman–Crippen LogP) is 5.10. The van der Waals surface area contributed by atoms with Crippen molar-refractivity contribution in [2.24, 2.45) is 0 Å². The van der Waals surface area contributed by atoms with Crippen molar-refractivity contribution in [1.82, 2.24) is 0 Å². The predicted molar refractivity (Wildman–Crippen MR) is 94.0 cm³/mol. The van der Waals surface area contributed by atoms with Crippen LogP contribution in [0.4, 0.5) is 0 Å². The largest absolute Gasteiger partial charge is 0.193 e. The fourth-order valence-electron chi connectivity index (χ4n) is 3.05. The molecule has 3 aromatic rings. The minimum Gasteiger partial charge on any atom is -0.193 e. The van der Waals surface area contributed by atoms with Crippen molar-refractivity contribution in [3.05, 3.63) is 120 Å². The first kappa shape index (κ1) is 14.8. The van der Waals surface area contributed by atoms with Gasteiger partial charge in [-0.2, -0.15) is 5.26 Å². The quantitative estimate of drug-likeness (QED) is 0.485. The monoisotopic (exact) mass is 295 g/mol. The summed E-state index contributed by atoms with van der Waals surface area (Å²) in [7, 11) is 0. The molecular formula is C22H17N. The molecule has 0 radical (unpaired) electrons. The van der Waals surface area contributed by atoms with E-state index >= 15 is 0 Å². The van der Waals surface area contributed by atoms with Crippen LogP contribution in [0.25, 0.3) is 0 Å². The summed E-state index contributed by atoms with van der Waals surface area (Å²) in [5, 5.41) is 9.13. The van der Waals surface area contributed by atoms with Crippen LogP contribution in [0.5, 0.6) is 0 Å². The van der Waals surface area contributed by atoms with Crippen molar-refractivity contribution in [1.29, 1.82) is 5.26 Å². The third kappa shape index (κ3) is 2.80. The first-order chi connectivity index (χ1) is 11.4. The first-order valence-electron chi connectivity index (χ1n) is 7.62. The number of allylic oxidation sites excluding steroid dienone is 2. The summed E-state index contributed by atoms with van der Waals surface area (Å²) in [5.41, 5.74) is 2.95. The Labute approximate surface area is 137 Å². The molecule has 23 heavy (non-hydrogen) atoms. The van der Waals surface area contributed by atoms with Crippen molar-refractivity contribution in [3.63, 3.8) is 0 Å². The number of hydrogen-bond donors (Lipinski definition) is 0. The second kappa shape index (κ2) is 6.77. The summed E-state index contributed by atoms with van der Waals surface area (Å²) >= 11 is 0. The van der Waals surface area contributed by atoms with Crippen LogP contribution in [-0.4, -0.2) is 0 Å². The molecule has 3 aromatic carbocycles. The van der Waals surface area contributed by atoms with E-state index in [4.69, 9.17) is 5.26 Å². The third-order valence-corrected chi connectivity index (χ3v) is 4.10. The smallest absolute Gasteiger partial charge is 0.0909 e. The highest BCUT2D eigenvalue weighted by Crippen LogP contribution is 2.40. The van der Waals surface area contributed by atoms with Crippen LogP contribution in [0.3, 0.4) is 0 Å². The zero-order valence-electron chi connectivity index (χ0n) is 12.8. The minimum atomic E-state index is -0.473. The summed E-state index contributed by atoms with van der Waals surface area (Å²) in [5.74, 6) is 0. The van der Waals surface area contributed by atoms with E-state index in [1.54, 1.807) is 6.08 Å². The molecule has 1 heteroatoms. The van der Waals surface area contributed by atoms with Gasteiger partial charge in [-0.25, -0.2) is 0 Å². The summed E-state index contributed by atoms with van der Waals surface area (Å²) in [4.78, 5) is 0. The van der Waals surface area contributed by atoms with Gasteiger partial charge in [-0.3, -0.25) is 0 Å². The number of rotatable bonds is 4. The topological polar surface area (TPSA) is 23.8 Å². The van der Waals surface area contributed by atoms with Crippen LogP contribution in [0.15, 0.2) is 103 Å². The second-order valence-electron chi connectivity index (χ2n) is 5.37. The molecule has 110 valence electrons. The van der Waals surface area contributed by atoms with Crippen LogP contribution in [0.2, 0.25) is 0 Å². The lowest BCUT2D eigenvalue weighted by Gasteiger charge is -2.33. The lowest BCUT2D eigenvalue weighted by Crippen LogP contribution is -2.26. The molecule has 0 unspecified atom stereocenters. The molecule has 0 saturated carbocycles. The van der Waals surface area contributed by atoms with E-state index in [2.05, 4.69) is 42.5 Å². The Morgan fingerprint density at radius 3 is 1.26 bits per heavy atom. The van der Waals surface area contributed by atoms with Crippen LogP contribution < -0.4 is 0 Å². The molecular weight excluding hydrogens is 278 g/mol. The van der Waals surface area contributed by atoms with Crippen LogP contribution in [0, 0.1) is 11.3 Å². The molecule has 0 atom stereocenters. The standard InChI is InChI=1S/C22H17N/c23-18-10-17-22(19-11-4-1-5-12-19,20-13-6-2-7-14-20)21-15-8-3-9-16-21/h1-17H. The van der Waals surface area contributed by atoms with Gasteiger partial charge in [0, 0.05) is 6.08 Å². The minimum absolute atomic E-state index is 0.473. The van der Waals surface area contributed by atoms with Crippen LogP contribution in [-0.2, 0) is 5.41 Å². The number of hydrogen-bond acceptors (Lipinski definition) is 1. The molecule has 1 nitrogen and oxygen atoms in total. The molecule has 0 aromatic heterocycles. The molecule has 0 saturated heterocycles. The van der Waals surface area contributed by atoms with Gasteiger partial charge >= 0.3 is 0 Å². The average molecular weight is 295 g/mol. The Morgan fingerprint density at radius 1 is 0.609 bits per heavy atom. The van der Waals surface area contributed by atoms with Crippen molar-refractivity contribution < 1.29 is 0 Å². The van der Waals surface area contributed by atoms with Crippen LogP contribution in [0.1, 0.15) is 16.7 Å². The number of nitriles is 1. The lowest BCUT2D eigenvalue weighted by atomic mass is 9.69. The molecule has 0 bridgehead atoms. The van der Waals surface area contributed by atoms with Gasteiger partial charge < -0.3 is 0 Å². The van der Waals surface area contributed by atoms with Crippen molar-refractivity contribution >= 4 is 0 Å². The maximum absolute atomic E-state index is 9.13. The normalized spacial score (nSPS) is 11.3. The summed E-state index contributed by atoms with van der Waals surface area (Å²) in [6.07, 6.45) is 3.57. The molecule has 0 N–H and O–H groups in total. The number of benzene rings is 3. The van der Waals surface area contributed by atoms with E-state index in [9.17, 15) is 0 Å². The van der Waals surface area contributed by atoms with Gasteiger partial charge in [0.1, 0.15) is 0 Å². The highest BCUT2D eigenvalue weighted by atomic mass is 14.3. The number of nitrogens with zero attached hydrogens (tertiary/aromatic N) is 1. The maximum atomic E-state index is 9.13. The van der Waals surface area contributed by atoms with Crippen molar-refractivity contribution in [3.8, 4) is 6.07 Å². The van der Waals surface area contributed by atoms with Gasteiger partial charge in [-0.1, -0.05) is 97.1 Å². The molecule has 0 heterocycles. The molecule has 3 rings (SSSR count). The molecule has 0 fully saturated rings. The van der Waals surface area contributed by atoms with Crippen molar-refractivity contribution in [2.75, 3.05) is 0 Å². The summed E-state index contributed by atoms with van der Waals surface area (Å²) in [6.45, 7) is 0. The molecule has 0 spiro atoms. The molecule has 0 amide bonds. The molecule has 0 aliphatic carbocycles. The van der Waals surface area contributed by atoms with Gasteiger partial charge in [0.2, 0.25) is 0 Å². The second-order valence-corrected chi connectivity index (χ2v) is 5.37. The van der Waals surface area contributed by atoms with Gasteiger partial charge in [0.05, 0.1) is 11.5 Å². The van der Waals surface area contributed by atoms with E-state index < -0.39 is 5.41 Å². The van der Waals surface area contributed by atoms with Gasteiger partial charge in [0.25, 0.3) is 0 Å². The Morgan fingerprint density at radius 2 is 0.957 bits per heavy atom. The molecule has 0 aliphatic heterocycles. The van der Waals surface area contributed by atoms with E-state index in [0.29, 0.717) is 0 Å². The average Bonchev–Trinajstić information content (AvgIpc) is 2.65. The zero-order valence-corrected chi connectivity index (χ0v) is 12.8. The summed E-state index contributed by atoms with van der Waals surface area (Å²) in [6, 6.07) is 33.1. The van der Waals surface area contributed by atoms with E-state index in [0.717, 1.165) is 16.7 Å². The fraction of sp³-hybridized carbons (Fsp3) is 0.0455. The van der Waals surface area contributed by atoms with Gasteiger partial charge in [0.15, 0.2) is 0 Å². The Balaban J connectivity index is 2.35. The van der Waals surface area contributed by atoms with E-state index in [-0.39, 0.29) is 0 Å². The first-order valence-corrected chi connectivity index (χ1v) is 7.62. The Kier molecular flexibility index (Phi) is 4.36. The van der Waals surface area contributed by atoms with E-state index in [1.807, 2.05) is 60.7 Å². The van der Waals surface area contributed by atoms with Gasteiger partial charge in [-0.15, -0.1) is 0 Å². The zero-order chi connectivity index (χ0) is 16.0.